The summed E-state index contributed by atoms with van der Waals surface area (Å²) in [5.74, 6) is -0.233. The van der Waals surface area contributed by atoms with Gasteiger partial charge < -0.3 is 9.84 Å². The zero-order chi connectivity index (χ0) is 11.1. The van der Waals surface area contributed by atoms with Gasteiger partial charge in [0.1, 0.15) is 6.61 Å². The Labute approximate surface area is 85.8 Å². The van der Waals surface area contributed by atoms with Gasteiger partial charge in [-0.05, 0) is 12.8 Å². The Bertz CT molecular complexity index is 195. The minimum atomic E-state index is -0.562. The summed E-state index contributed by atoms with van der Waals surface area (Å²) in [4.78, 5) is 11.0. The number of hydrogen-bond acceptors (Lipinski definition) is 3. The topological polar surface area (TPSA) is 46.5 Å². The molecular weight excluding hydrogens is 180 g/mol. The highest BCUT2D eigenvalue weighted by atomic mass is 16.5. The molecule has 0 aliphatic carbocycles. The molecule has 0 saturated heterocycles. The Hall–Kier alpha value is -0.830. The summed E-state index contributed by atoms with van der Waals surface area (Å²) in [7, 11) is 0. The minimum Gasteiger partial charge on any atom is -0.460 e. The molecule has 0 aliphatic rings. The Kier molecular flexibility index (Phi) is 6.21. The van der Waals surface area contributed by atoms with Gasteiger partial charge in [0.05, 0.1) is 6.10 Å². The summed E-state index contributed by atoms with van der Waals surface area (Å²) in [6.45, 7) is 9.14. The largest absolute Gasteiger partial charge is 0.460 e. The molecular formula is C11H20O3. The average Bonchev–Trinajstić information content (AvgIpc) is 2.15. The van der Waals surface area contributed by atoms with Crippen molar-refractivity contribution in [2.24, 2.45) is 5.92 Å². The fourth-order valence-electron chi connectivity index (χ4n) is 1.25. The van der Waals surface area contributed by atoms with E-state index in [4.69, 9.17) is 4.74 Å². The highest BCUT2D eigenvalue weighted by Gasteiger charge is 2.17. The monoisotopic (exact) mass is 200 g/mol. The quantitative estimate of drug-likeness (QED) is 0.526. The van der Waals surface area contributed by atoms with Crippen LogP contribution in [0, 0.1) is 5.92 Å². The number of esters is 1. The van der Waals surface area contributed by atoms with Crippen molar-refractivity contribution in [3.63, 3.8) is 0 Å². The molecule has 0 saturated carbocycles. The van der Waals surface area contributed by atoms with Gasteiger partial charge in [-0.2, -0.15) is 0 Å². The van der Waals surface area contributed by atoms with Crippen molar-refractivity contribution < 1.29 is 14.6 Å². The molecule has 0 aromatic carbocycles. The van der Waals surface area contributed by atoms with Crippen LogP contribution in [0.1, 0.15) is 33.6 Å². The molecule has 1 atom stereocenters. The van der Waals surface area contributed by atoms with Crippen molar-refractivity contribution in [1.82, 2.24) is 0 Å². The van der Waals surface area contributed by atoms with Crippen LogP contribution in [0.5, 0.6) is 0 Å². The van der Waals surface area contributed by atoms with Gasteiger partial charge in [-0.15, -0.1) is 0 Å². The molecule has 3 nitrogen and oxygen atoms in total. The maximum absolute atomic E-state index is 11.0. The van der Waals surface area contributed by atoms with E-state index in [1.807, 2.05) is 13.8 Å². The first-order valence-electron chi connectivity index (χ1n) is 5.03. The van der Waals surface area contributed by atoms with Crippen LogP contribution in [0.25, 0.3) is 0 Å². The number of ether oxygens (including phenoxy) is 1. The molecule has 3 heteroatoms. The number of rotatable bonds is 6. The van der Waals surface area contributed by atoms with Crippen LogP contribution in [-0.2, 0) is 9.53 Å². The summed E-state index contributed by atoms with van der Waals surface area (Å²) in [6, 6.07) is 0. The first-order chi connectivity index (χ1) is 6.52. The summed E-state index contributed by atoms with van der Waals surface area (Å²) < 4.78 is 4.86. The molecule has 0 radical (unpaired) electrons. The van der Waals surface area contributed by atoms with E-state index in [0.29, 0.717) is 5.57 Å². The van der Waals surface area contributed by atoms with E-state index in [0.717, 1.165) is 12.8 Å². The summed E-state index contributed by atoms with van der Waals surface area (Å²) in [6.07, 6.45) is 1.22. The Morgan fingerprint density at radius 1 is 1.43 bits per heavy atom. The second-order valence-corrected chi connectivity index (χ2v) is 3.52. The van der Waals surface area contributed by atoms with Crippen LogP contribution < -0.4 is 0 Å². The van der Waals surface area contributed by atoms with Gasteiger partial charge in [0, 0.05) is 5.57 Å². The third-order valence-electron chi connectivity index (χ3n) is 2.33. The molecule has 0 aromatic rings. The number of hydrogen-bond donors (Lipinski definition) is 1. The molecule has 14 heavy (non-hydrogen) atoms. The Morgan fingerprint density at radius 3 is 2.29 bits per heavy atom. The SMILES string of the molecule is C=C(C)C(=O)OCC(O)C(CC)CC. The highest BCUT2D eigenvalue weighted by molar-refractivity contribution is 5.86. The molecule has 0 aromatic heterocycles. The normalized spacial score (nSPS) is 12.6. The maximum atomic E-state index is 11.0. The average molecular weight is 200 g/mol. The number of carbonyl (C=O) groups excluding carboxylic acids is 1. The first kappa shape index (κ1) is 13.2. The van der Waals surface area contributed by atoms with Crippen LogP contribution in [0.2, 0.25) is 0 Å². The number of aliphatic hydroxyl groups excluding tert-OH is 1. The molecule has 1 unspecified atom stereocenters. The summed E-state index contributed by atoms with van der Waals surface area (Å²) in [5.41, 5.74) is 0.363. The van der Waals surface area contributed by atoms with E-state index < -0.39 is 12.1 Å². The fourth-order valence-corrected chi connectivity index (χ4v) is 1.25. The minimum absolute atomic E-state index is 0.0675. The van der Waals surface area contributed by atoms with Gasteiger partial charge in [0.2, 0.25) is 0 Å². The van der Waals surface area contributed by atoms with Crippen molar-refractivity contribution in [2.45, 2.75) is 39.7 Å². The zero-order valence-corrected chi connectivity index (χ0v) is 9.25. The molecule has 0 spiro atoms. The lowest BCUT2D eigenvalue weighted by Gasteiger charge is -2.19. The Balaban J connectivity index is 3.88. The predicted octanol–water partition coefficient (Wildman–Crippen LogP) is 1.90. The van der Waals surface area contributed by atoms with Gasteiger partial charge in [-0.25, -0.2) is 4.79 Å². The third-order valence-corrected chi connectivity index (χ3v) is 2.33. The zero-order valence-electron chi connectivity index (χ0n) is 9.25. The van der Waals surface area contributed by atoms with Crippen molar-refractivity contribution >= 4 is 5.97 Å². The summed E-state index contributed by atoms with van der Waals surface area (Å²) in [5, 5.41) is 9.63. The third kappa shape index (κ3) is 4.42. The molecule has 0 bridgehead atoms. The second kappa shape index (κ2) is 6.60. The molecule has 0 heterocycles. The van der Waals surface area contributed by atoms with Crippen molar-refractivity contribution in [3.05, 3.63) is 12.2 Å². The van der Waals surface area contributed by atoms with Gasteiger partial charge in [0.15, 0.2) is 0 Å². The second-order valence-electron chi connectivity index (χ2n) is 3.52. The van der Waals surface area contributed by atoms with E-state index in [2.05, 4.69) is 6.58 Å². The van der Waals surface area contributed by atoms with Crippen LogP contribution >= 0.6 is 0 Å². The fraction of sp³-hybridized carbons (Fsp3) is 0.727. The number of aliphatic hydroxyl groups is 1. The van der Waals surface area contributed by atoms with E-state index in [-0.39, 0.29) is 12.5 Å². The van der Waals surface area contributed by atoms with Crippen LogP contribution in [0.3, 0.4) is 0 Å². The molecule has 0 rings (SSSR count). The van der Waals surface area contributed by atoms with E-state index in [9.17, 15) is 9.90 Å². The molecule has 82 valence electrons. The van der Waals surface area contributed by atoms with E-state index in [1.165, 1.54) is 0 Å². The smallest absolute Gasteiger partial charge is 0.333 e. The van der Waals surface area contributed by atoms with Gasteiger partial charge in [-0.1, -0.05) is 33.3 Å². The van der Waals surface area contributed by atoms with Gasteiger partial charge in [-0.3, -0.25) is 0 Å². The van der Waals surface area contributed by atoms with Crippen LogP contribution in [-0.4, -0.2) is 23.8 Å². The first-order valence-corrected chi connectivity index (χ1v) is 5.03. The van der Waals surface area contributed by atoms with E-state index >= 15 is 0 Å². The van der Waals surface area contributed by atoms with Crippen LogP contribution in [0.15, 0.2) is 12.2 Å². The van der Waals surface area contributed by atoms with Crippen molar-refractivity contribution in [2.75, 3.05) is 6.61 Å². The lowest BCUT2D eigenvalue weighted by Crippen LogP contribution is -2.26. The van der Waals surface area contributed by atoms with Gasteiger partial charge in [0.25, 0.3) is 0 Å². The molecule has 1 N–H and O–H groups in total. The highest BCUT2D eigenvalue weighted by Crippen LogP contribution is 2.13. The molecule has 0 fully saturated rings. The van der Waals surface area contributed by atoms with Crippen molar-refractivity contribution in [3.8, 4) is 0 Å². The predicted molar refractivity (Wildman–Crippen MR) is 55.9 cm³/mol. The maximum Gasteiger partial charge on any atom is 0.333 e. The standard InChI is InChI=1S/C11H20O3/c1-5-9(6-2)10(12)7-14-11(13)8(3)4/h9-10,12H,3,5-7H2,1-2,4H3. The number of carbonyl (C=O) groups is 1. The van der Waals surface area contributed by atoms with Gasteiger partial charge >= 0.3 is 5.97 Å². The van der Waals surface area contributed by atoms with E-state index in [1.54, 1.807) is 6.92 Å². The molecule has 0 amide bonds. The summed E-state index contributed by atoms with van der Waals surface area (Å²) >= 11 is 0. The van der Waals surface area contributed by atoms with Crippen LogP contribution in [0.4, 0.5) is 0 Å². The Morgan fingerprint density at radius 2 is 1.93 bits per heavy atom. The van der Waals surface area contributed by atoms with Crippen molar-refractivity contribution in [1.29, 1.82) is 0 Å². The lowest BCUT2D eigenvalue weighted by atomic mass is 9.97. The molecule has 0 aliphatic heterocycles. The lowest BCUT2D eigenvalue weighted by molar-refractivity contribution is -0.143.